The van der Waals surface area contributed by atoms with Crippen molar-refractivity contribution in [2.24, 2.45) is 0 Å². The Morgan fingerprint density at radius 3 is 2.59 bits per heavy atom. The number of hydrogen-bond donors (Lipinski definition) is 2. The van der Waals surface area contributed by atoms with Crippen molar-refractivity contribution < 1.29 is 13.9 Å². The molecule has 2 heterocycles. The van der Waals surface area contributed by atoms with Gasteiger partial charge >= 0.3 is 0 Å². The molecule has 1 aliphatic heterocycles. The summed E-state index contributed by atoms with van der Waals surface area (Å²) < 4.78 is 11.2. The SMILES string of the molecule is Cc1ccoc1C(=O)NCCCN[C@H]1CC(C)(C)OC1(C)C. The Morgan fingerprint density at radius 2 is 2.05 bits per heavy atom. The lowest BCUT2D eigenvalue weighted by Crippen LogP contribution is -2.44. The molecule has 2 N–H and O–H groups in total. The minimum atomic E-state index is -0.155. The Morgan fingerprint density at radius 1 is 1.32 bits per heavy atom. The Hall–Kier alpha value is -1.33. The second kappa shape index (κ2) is 6.42. The normalized spacial score (nSPS) is 22.7. The fourth-order valence-electron chi connectivity index (χ4n) is 3.13. The highest BCUT2D eigenvalue weighted by atomic mass is 16.5. The number of ether oxygens (including phenoxy) is 1. The molecule has 124 valence electrons. The van der Waals surface area contributed by atoms with E-state index in [1.165, 1.54) is 6.26 Å². The molecule has 1 aromatic heterocycles. The number of nitrogens with one attached hydrogen (secondary N) is 2. The Kier molecular flexibility index (Phi) is 4.97. The largest absolute Gasteiger partial charge is 0.459 e. The molecule has 0 spiro atoms. The molecule has 2 rings (SSSR count). The summed E-state index contributed by atoms with van der Waals surface area (Å²) in [6.45, 7) is 11.9. The fraction of sp³-hybridized carbons (Fsp3) is 0.706. The van der Waals surface area contributed by atoms with E-state index in [0.717, 1.165) is 24.9 Å². The second-order valence-corrected chi connectivity index (χ2v) is 7.22. The summed E-state index contributed by atoms with van der Waals surface area (Å²) in [6.07, 6.45) is 3.41. The molecule has 5 heteroatoms. The molecular weight excluding hydrogens is 280 g/mol. The van der Waals surface area contributed by atoms with Gasteiger partial charge in [0, 0.05) is 18.2 Å². The third-order valence-electron chi connectivity index (χ3n) is 4.17. The van der Waals surface area contributed by atoms with Gasteiger partial charge in [0.25, 0.3) is 5.91 Å². The summed E-state index contributed by atoms with van der Waals surface area (Å²) in [5, 5.41) is 6.43. The van der Waals surface area contributed by atoms with Crippen LogP contribution in [0.1, 0.15) is 56.7 Å². The third-order valence-corrected chi connectivity index (χ3v) is 4.17. The molecule has 0 radical (unpaired) electrons. The average molecular weight is 308 g/mol. The van der Waals surface area contributed by atoms with Crippen LogP contribution in [0.25, 0.3) is 0 Å². The molecule has 1 aromatic rings. The van der Waals surface area contributed by atoms with Gasteiger partial charge in [0.2, 0.25) is 0 Å². The van der Waals surface area contributed by atoms with Crippen LogP contribution in [0.3, 0.4) is 0 Å². The van der Waals surface area contributed by atoms with Crippen LogP contribution in [0.2, 0.25) is 0 Å². The van der Waals surface area contributed by atoms with Crippen molar-refractivity contribution in [1.82, 2.24) is 10.6 Å². The van der Waals surface area contributed by atoms with Crippen molar-refractivity contribution in [3.05, 3.63) is 23.7 Å². The monoisotopic (exact) mass is 308 g/mol. The first kappa shape index (κ1) is 17.0. The van der Waals surface area contributed by atoms with Crippen LogP contribution in [0.15, 0.2) is 16.7 Å². The first-order valence-electron chi connectivity index (χ1n) is 7.97. The maximum absolute atomic E-state index is 11.9. The maximum Gasteiger partial charge on any atom is 0.287 e. The van der Waals surface area contributed by atoms with Crippen molar-refractivity contribution in [3.63, 3.8) is 0 Å². The van der Waals surface area contributed by atoms with E-state index in [4.69, 9.17) is 9.15 Å². The summed E-state index contributed by atoms with van der Waals surface area (Å²) in [4.78, 5) is 11.9. The van der Waals surface area contributed by atoms with E-state index in [1.807, 2.05) is 6.92 Å². The van der Waals surface area contributed by atoms with Crippen LogP contribution in [0.5, 0.6) is 0 Å². The van der Waals surface area contributed by atoms with Crippen molar-refractivity contribution in [1.29, 1.82) is 0 Å². The smallest absolute Gasteiger partial charge is 0.287 e. The predicted octanol–water partition coefficient (Wildman–Crippen LogP) is 2.64. The van der Waals surface area contributed by atoms with Gasteiger partial charge in [-0.3, -0.25) is 4.79 Å². The third kappa shape index (κ3) is 4.11. The van der Waals surface area contributed by atoms with Crippen LogP contribution in [0, 0.1) is 6.92 Å². The van der Waals surface area contributed by atoms with E-state index in [-0.39, 0.29) is 17.1 Å². The first-order chi connectivity index (χ1) is 10.2. The number of hydrogen-bond acceptors (Lipinski definition) is 4. The van der Waals surface area contributed by atoms with Gasteiger partial charge in [0.1, 0.15) is 0 Å². The van der Waals surface area contributed by atoms with Gasteiger partial charge in [0.05, 0.1) is 17.5 Å². The molecule has 0 saturated carbocycles. The summed E-state index contributed by atoms with van der Waals surface area (Å²) in [5.74, 6) is 0.258. The van der Waals surface area contributed by atoms with Gasteiger partial charge in [-0.05, 0) is 60.1 Å². The molecule has 22 heavy (non-hydrogen) atoms. The first-order valence-corrected chi connectivity index (χ1v) is 7.97. The summed E-state index contributed by atoms with van der Waals surface area (Å²) in [7, 11) is 0. The highest BCUT2D eigenvalue weighted by molar-refractivity contribution is 5.92. The number of carbonyl (C=O) groups is 1. The fourth-order valence-corrected chi connectivity index (χ4v) is 3.13. The molecule has 0 unspecified atom stereocenters. The Balaban J connectivity index is 1.68. The van der Waals surface area contributed by atoms with Crippen molar-refractivity contribution in [3.8, 4) is 0 Å². The number of carbonyl (C=O) groups excluding carboxylic acids is 1. The van der Waals surface area contributed by atoms with Crippen LogP contribution in [-0.4, -0.2) is 36.2 Å². The van der Waals surface area contributed by atoms with Gasteiger partial charge in [-0.25, -0.2) is 0 Å². The highest BCUT2D eigenvalue weighted by Crippen LogP contribution is 2.37. The van der Waals surface area contributed by atoms with E-state index < -0.39 is 0 Å². The molecule has 1 amide bonds. The zero-order valence-electron chi connectivity index (χ0n) is 14.3. The molecule has 0 aliphatic carbocycles. The standard InChI is InChI=1S/C17H28N2O3/c1-12-7-10-21-14(12)15(20)19-9-6-8-18-13-11-16(2,3)22-17(13,4)5/h7,10,13,18H,6,8-9,11H2,1-5H3,(H,19,20)/t13-/m0/s1. The van der Waals surface area contributed by atoms with Crippen LogP contribution in [0.4, 0.5) is 0 Å². The van der Waals surface area contributed by atoms with Crippen molar-refractivity contribution in [2.75, 3.05) is 13.1 Å². The van der Waals surface area contributed by atoms with Gasteiger partial charge in [-0.2, -0.15) is 0 Å². The quantitative estimate of drug-likeness (QED) is 0.793. The molecule has 1 aliphatic rings. The second-order valence-electron chi connectivity index (χ2n) is 7.22. The van der Waals surface area contributed by atoms with Crippen molar-refractivity contribution >= 4 is 5.91 Å². The van der Waals surface area contributed by atoms with E-state index in [1.54, 1.807) is 6.07 Å². The summed E-state index contributed by atoms with van der Waals surface area (Å²) in [6, 6.07) is 2.13. The summed E-state index contributed by atoms with van der Waals surface area (Å²) >= 11 is 0. The van der Waals surface area contributed by atoms with Crippen LogP contribution < -0.4 is 10.6 Å². The lowest BCUT2D eigenvalue weighted by molar-refractivity contribution is -0.0697. The minimum absolute atomic E-state index is 0.0772. The zero-order valence-corrected chi connectivity index (χ0v) is 14.3. The summed E-state index contributed by atoms with van der Waals surface area (Å²) in [5.41, 5.74) is 0.632. The lowest BCUT2D eigenvalue weighted by Gasteiger charge is -2.27. The molecule has 5 nitrogen and oxygen atoms in total. The van der Waals surface area contributed by atoms with E-state index in [0.29, 0.717) is 18.3 Å². The number of rotatable bonds is 6. The van der Waals surface area contributed by atoms with E-state index in [2.05, 4.69) is 38.3 Å². The maximum atomic E-state index is 11.9. The molecule has 1 saturated heterocycles. The molecule has 0 aromatic carbocycles. The highest BCUT2D eigenvalue weighted by Gasteiger charge is 2.45. The van der Waals surface area contributed by atoms with Crippen LogP contribution >= 0.6 is 0 Å². The Labute approximate surface area is 132 Å². The lowest BCUT2D eigenvalue weighted by atomic mass is 9.94. The van der Waals surface area contributed by atoms with Gasteiger partial charge in [0.15, 0.2) is 5.76 Å². The molecule has 1 fully saturated rings. The molecule has 0 bridgehead atoms. The predicted molar refractivity (Wildman–Crippen MR) is 86.0 cm³/mol. The van der Waals surface area contributed by atoms with Gasteiger partial charge in [-0.15, -0.1) is 0 Å². The average Bonchev–Trinajstić information content (AvgIpc) is 2.89. The van der Waals surface area contributed by atoms with Gasteiger partial charge < -0.3 is 19.8 Å². The number of furan rings is 1. The number of aryl methyl sites for hydroxylation is 1. The Bertz CT molecular complexity index is 520. The number of amides is 1. The topological polar surface area (TPSA) is 63.5 Å². The van der Waals surface area contributed by atoms with E-state index in [9.17, 15) is 4.79 Å². The van der Waals surface area contributed by atoms with E-state index >= 15 is 0 Å². The minimum Gasteiger partial charge on any atom is -0.459 e. The molecular formula is C17H28N2O3. The van der Waals surface area contributed by atoms with Gasteiger partial charge in [-0.1, -0.05) is 0 Å². The van der Waals surface area contributed by atoms with Crippen LogP contribution in [-0.2, 0) is 4.74 Å². The van der Waals surface area contributed by atoms with Crippen molar-refractivity contribution in [2.45, 2.75) is 64.7 Å². The zero-order chi connectivity index (χ0) is 16.4. The molecule has 1 atom stereocenters.